The van der Waals surface area contributed by atoms with E-state index in [9.17, 15) is 14.9 Å². The molecule has 6 nitrogen and oxygen atoms in total. The van der Waals surface area contributed by atoms with Gasteiger partial charge in [0, 0.05) is 30.4 Å². The van der Waals surface area contributed by atoms with Gasteiger partial charge in [-0.25, -0.2) is 0 Å². The predicted molar refractivity (Wildman–Crippen MR) is 70.0 cm³/mol. The van der Waals surface area contributed by atoms with E-state index < -0.39 is 4.92 Å². The van der Waals surface area contributed by atoms with Crippen molar-refractivity contribution in [3.8, 4) is 11.3 Å². The minimum atomic E-state index is -0.465. The number of nitro benzene ring substituents is 1. The van der Waals surface area contributed by atoms with Crippen LogP contribution in [-0.2, 0) is 6.54 Å². The van der Waals surface area contributed by atoms with Gasteiger partial charge in [0.1, 0.15) is 5.69 Å². The van der Waals surface area contributed by atoms with Crippen LogP contribution in [0.15, 0.2) is 30.5 Å². The topological polar surface area (TPSA) is 78.0 Å². The summed E-state index contributed by atoms with van der Waals surface area (Å²) >= 11 is 0. The first-order chi connectivity index (χ1) is 9.15. The van der Waals surface area contributed by atoms with E-state index in [1.807, 2.05) is 6.92 Å². The molecule has 0 spiro atoms. The number of rotatable bonds is 5. The number of aromatic nitrogens is 2. The Labute approximate surface area is 109 Å². The highest BCUT2D eigenvalue weighted by Gasteiger charge is 2.13. The van der Waals surface area contributed by atoms with Crippen molar-refractivity contribution >= 4 is 12.0 Å². The van der Waals surface area contributed by atoms with E-state index >= 15 is 0 Å². The fourth-order valence-corrected chi connectivity index (χ4v) is 1.86. The van der Waals surface area contributed by atoms with E-state index in [-0.39, 0.29) is 5.69 Å². The molecule has 0 aliphatic rings. The Morgan fingerprint density at radius 1 is 1.47 bits per heavy atom. The molecule has 0 fully saturated rings. The molecule has 0 radical (unpaired) electrons. The monoisotopic (exact) mass is 259 g/mol. The van der Waals surface area contributed by atoms with Crippen LogP contribution in [0.2, 0.25) is 0 Å². The number of nitro groups is 1. The molecule has 0 N–H and O–H groups in total. The average molecular weight is 259 g/mol. The fourth-order valence-electron chi connectivity index (χ4n) is 1.86. The molecule has 1 aromatic heterocycles. The van der Waals surface area contributed by atoms with Crippen LogP contribution in [0, 0.1) is 10.1 Å². The quantitative estimate of drug-likeness (QED) is 0.470. The van der Waals surface area contributed by atoms with Gasteiger partial charge >= 0.3 is 0 Å². The van der Waals surface area contributed by atoms with Gasteiger partial charge in [-0.15, -0.1) is 0 Å². The van der Waals surface area contributed by atoms with Crippen LogP contribution < -0.4 is 0 Å². The molecule has 2 rings (SSSR count). The summed E-state index contributed by atoms with van der Waals surface area (Å²) in [5, 5.41) is 15.1. The number of non-ortho nitro benzene ring substituents is 1. The van der Waals surface area contributed by atoms with E-state index in [0.717, 1.165) is 6.42 Å². The van der Waals surface area contributed by atoms with Crippen molar-refractivity contribution in [1.29, 1.82) is 0 Å². The summed E-state index contributed by atoms with van der Waals surface area (Å²) in [6, 6.07) is 6.12. The van der Waals surface area contributed by atoms with E-state index in [4.69, 9.17) is 0 Å². The average Bonchev–Trinajstić information content (AvgIpc) is 2.82. The van der Waals surface area contributed by atoms with E-state index in [1.54, 1.807) is 23.0 Å². The number of hydrogen-bond donors (Lipinski definition) is 0. The van der Waals surface area contributed by atoms with E-state index in [2.05, 4.69) is 5.10 Å². The molecule has 19 heavy (non-hydrogen) atoms. The predicted octanol–water partition coefficient (Wildman–Crippen LogP) is 2.68. The Kier molecular flexibility index (Phi) is 3.70. The van der Waals surface area contributed by atoms with Crippen LogP contribution in [-0.4, -0.2) is 21.0 Å². The Balaban J connectivity index is 2.48. The molecular formula is C13H13N3O3. The second-order valence-electron chi connectivity index (χ2n) is 4.12. The Morgan fingerprint density at radius 2 is 2.26 bits per heavy atom. The van der Waals surface area contributed by atoms with Crippen LogP contribution in [0.5, 0.6) is 0 Å². The highest BCUT2D eigenvalue weighted by Crippen LogP contribution is 2.24. The van der Waals surface area contributed by atoms with Crippen molar-refractivity contribution in [2.75, 3.05) is 0 Å². The summed E-state index contributed by atoms with van der Waals surface area (Å²) in [5.74, 6) is 0. The Morgan fingerprint density at radius 3 is 2.89 bits per heavy atom. The second kappa shape index (κ2) is 5.43. The summed E-state index contributed by atoms with van der Waals surface area (Å²) < 4.78 is 1.68. The van der Waals surface area contributed by atoms with Crippen LogP contribution in [0.4, 0.5) is 5.69 Å². The van der Waals surface area contributed by atoms with Gasteiger partial charge in [0.25, 0.3) is 5.69 Å². The largest absolute Gasteiger partial charge is 0.298 e. The van der Waals surface area contributed by atoms with E-state index in [0.29, 0.717) is 29.7 Å². The number of carbonyl (C=O) groups excluding carboxylic acids is 1. The zero-order chi connectivity index (χ0) is 13.8. The minimum absolute atomic E-state index is 0.0145. The zero-order valence-electron chi connectivity index (χ0n) is 10.4. The fraction of sp³-hybridized carbons (Fsp3) is 0.231. The van der Waals surface area contributed by atoms with Crippen molar-refractivity contribution in [1.82, 2.24) is 9.78 Å². The SMILES string of the molecule is CCCn1cc(C=O)c(-c2cccc([N+](=O)[O-])c2)n1. The summed E-state index contributed by atoms with van der Waals surface area (Å²) in [5.41, 5.74) is 1.48. The van der Waals surface area contributed by atoms with Gasteiger partial charge in [-0.3, -0.25) is 19.6 Å². The van der Waals surface area contributed by atoms with Gasteiger partial charge in [-0.1, -0.05) is 19.1 Å². The molecule has 0 saturated heterocycles. The highest BCUT2D eigenvalue weighted by molar-refractivity contribution is 5.85. The molecule has 0 atom stereocenters. The second-order valence-corrected chi connectivity index (χ2v) is 4.12. The van der Waals surface area contributed by atoms with Crippen molar-refractivity contribution in [2.45, 2.75) is 19.9 Å². The number of carbonyl (C=O) groups is 1. The zero-order valence-corrected chi connectivity index (χ0v) is 10.4. The normalized spacial score (nSPS) is 10.4. The molecule has 0 unspecified atom stereocenters. The van der Waals surface area contributed by atoms with Gasteiger partial charge in [-0.05, 0) is 6.42 Å². The first kappa shape index (κ1) is 12.9. The van der Waals surface area contributed by atoms with Crippen LogP contribution in [0.1, 0.15) is 23.7 Å². The smallest absolute Gasteiger partial charge is 0.270 e. The summed E-state index contributed by atoms with van der Waals surface area (Å²) in [6.45, 7) is 2.71. The van der Waals surface area contributed by atoms with Crippen LogP contribution in [0.25, 0.3) is 11.3 Å². The number of aryl methyl sites for hydroxylation is 1. The molecule has 2 aromatic rings. The number of aldehydes is 1. The maximum atomic E-state index is 11.0. The summed E-state index contributed by atoms with van der Waals surface area (Å²) in [4.78, 5) is 21.3. The lowest BCUT2D eigenvalue weighted by Gasteiger charge is -1.99. The van der Waals surface area contributed by atoms with Gasteiger partial charge in [0.2, 0.25) is 0 Å². The van der Waals surface area contributed by atoms with Crippen molar-refractivity contribution in [3.05, 3.63) is 46.1 Å². The number of hydrogen-bond acceptors (Lipinski definition) is 4. The summed E-state index contributed by atoms with van der Waals surface area (Å²) in [7, 11) is 0. The van der Waals surface area contributed by atoms with E-state index in [1.165, 1.54) is 12.1 Å². The van der Waals surface area contributed by atoms with Crippen molar-refractivity contribution in [2.24, 2.45) is 0 Å². The first-order valence-electron chi connectivity index (χ1n) is 5.93. The third-order valence-corrected chi connectivity index (χ3v) is 2.70. The molecule has 0 saturated carbocycles. The lowest BCUT2D eigenvalue weighted by atomic mass is 10.1. The molecule has 0 aliphatic heterocycles. The van der Waals surface area contributed by atoms with Gasteiger partial charge < -0.3 is 0 Å². The maximum absolute atomic E-state index is 11.0. The van der Waals surface area contributed by atoms with Gasteiger partial charge in [0.15, 0.2) is 6.29 Å². The minimum Gasteiger partial charge on any atom is -0.298 e. The Bertz CT molecular complexity index is 619. The lowest BCUT2D eigenvalue weighted by Crippen LogP contribution is -1.97. The van der Waals surface area contributed by atoms with Gasteiger partial charge in [0.05, 0.1) is 10.5 Å². The Hall–Kier alpha value is -2.50. The highest BCUT2D eigenvalue weighted by atomic mass is 16.6. The molecule has 0 aliphatic carbocycles. The molecule has 1 heterocycles. The molecule has 0 amide bonds. The molecular weight excluding hydrogens is 246 g/mol. The van der Waals surface area contributed by atoms with Gasteiger partial charge in [-0.2, -0.15) is 5.10 Å². The molecule has 6 heteroatoms. The third kappa shape index (κ3) is 2.67. The number of nitrogens with zero attached hydrogens (tertiary/aromatic N) is 3. The van der Waals surface area contributed by atoms with Crippen LogP contribution in [0.3, 0.4) is 0 Å². The molecule has 0 bridgehead atoms. The van der Waals surface area contributed by atoms with Crippen LogP contribution >= 0.6 is 0 Å². The van der Waals surface area contributed by atoms with Crippen molar-refractivity contribution in [3.63, 3.8) is 0 Å². The maximum Gasteiger partial charge on any atom is 0.270 e. The number of benzene rings is 1. The molecule has 1 aromatic carbocycles. The first-order valence-corrected chi connectivity index (χ1v) is 5.93. The third-order valence-electron chi connectivity index (χ3n) is 2.70. The lowest BCUT2D eigenvalue weighted by molar-refractivity contribution is -0.384. The standard InChI is InChI=1S/C13H13N3O3/c1-2-6-15-8-11(9-17)13(14-15)10-4-3-5-12(7-10)16(18)19/h3-5,7-9H,2,6H2,1H3. The molecule has 98 valence electrons. The summed E-state index contributed by atoms with van der Waals surface area (Å²) in [6.07, 6.45) is 3.27. The van der Waals surface area contributed by atoms with Crippen molar-refractivity contribution < 1.29 is 9.72 Å².